The van der Waals surface area contributed by atoms with Gasteiger partial charge >= 0.3 is 6.09 Å². The van der Waals surface area contributed by atoms with Gasteiger partial charge in [0.05, 0.1) is 0 Å². The van der Waals surface area contributed by atoms with Crippen LogP contribution < -0.4 is 5.32 Å². The standard InChI is InChI=1S/C18H19BrN2O3/c1-13-10-15(19)8-9-16(13)20-17(22)11-21(2)18(23)24-12-14-6-4-3-5-7-14/h3-10H,11-12H2,1-2H3,(H,20,22). The van der Waals surface area contributed by atoms with Gasteiger partial charge in [0, 0.05) is 17.2 Å². The number of benzene rings is 2. The Kier molecular flexibility index (Phi) is 6.37. The van der Waals surface area contributed by atoms with Crippen molar-refractivity contribution in [3.63, 3.8) is 0 Å². The molecule has 0 heterocycles. The SMILES string of the molecule is Cc1cc(Br)ccc1NC(=O)CN(C)C(=O)OCc1ccccc1. The zero-order valence-corrected chi connectivity index (χ0v) is 15.2. The van der Waals surface area contributed by atoms with E-state index in [2.05, 4.69) is 21.2 Å². The molecule has 2 rings (SSSR count). The molecule has 0 spiro atoms. The van der Waals surface area contributed by atoms with Crippen molar-refractivity contribution < 1.29 is 14.3 Å². The van der Waals surface area contributed by atoms with Crippen LogP contribution in [0.3, 0.4) is 0 Å². The van der Waals surface area contributed by atoms with E-state index < -0.39 is 6.09 Å². The number of hydrogen-bond donors (Lipinski definition) is 1. The number of ether oxygens (including phenoxy) is 1. The molecule has 0 atom stereocenters. The summed E-state index contributed by atoms with van der Waals surface area (Å²) in [5.41, 5.74) is 2.55. The molecule has 1 N–H and O–H groups in total. The molecule has 0 saturated carbocycles. The van der Waals surface area contributed by atoms with Gasteiger partial charge in [-0.15, -0.1) is 0 Å². The first kappa shape index (κ1) is 18.0. The minimum absolute atomic E-state index is 0.0802. The Labute approximate surface area is 149 Å². The minimum atomic E-state index is -0.540. The first-order chi connectivity index (χ1) is 11.5. The van der Waals surface area contributed by atoms with E-state index in [9.17, 15) is 9.59 Å². The molecule has 2 aromatic carbocycles. The second kappa shape index (κ2) is 8.49. The molecule has 5 nitrogen and oxygen atoms in total. The Morgan fingerprint density at radius 3 is 2.54 bits per heavy atom. The topological polar surface area (TPSA) is 58.6 Å². The zero-order chi connectivity index (χ0) is 17.5. The highest BCUT2D eigenvalue weighted by molar-refractivity contribution is 9.10. The van der Waals surface area contributed by atoms with Crippen LogP contribution in [0.25, 0.3) is 0 Å². The molecule has 0 aliphatic carbocycles. The third-order valence-electron chi connectivity index (χ3n) is 3.36. The second-order valence-electron chi connectivity index (χ2n) is 5.40. The van der Waals surface area contributed by atoms with Gasteiger partial charge in [-0.2, -0.15) is 0 Å². The quantitative estimate of drug-likeness (QED) is 0.839. The molecule has 2 amide bonds. The molecule has 0 aliphatic rings. The highest BCUT2D eigenvalue weighted by Crippen LogP contribution is 2.19. The van der Waals surface area contributed by atoms with Gasteiger partial charge in [-0.05, 0) is 36.2 Å². The molecule has 0 saturated heterocycles. The lowest BCUT2D eigenvalue weighted by Crippen LogP contribution is -2.35. The summed E-state index contributed by atoms with van der Waals surface area (Å²) >= 11 is 3.38. The predicted molar refractivity (Wildman–Crippen MR) is 96.8 cm³/mol. The summed E-state index contributed by atoms with van der Waals surface area (Å²) in [7, 11) is 1.53. The van der Waals surface area contributed by atoms with Crippen molar-refractivity contribution in [2.45, 2.75) is 13.5 Å². The Bertz CT molecular complexity index is 719. The van der Waals surface area contributed by atoms with Crippen LogP contribution in [-0.2, 0) is 16.1 Å². The van der Waals surface area contributed by atoms with Crippen molar-refractivity contribution in [3.8, 4) is 0 Å². The van der Waals surface area contributed by atoms with Crippen LogP contribution in [-0.4, -0.2) is 30.5 Å². The van der Waals surface area contributed by atoms with E-state index in [-0.39, 0.29) is 19.1 Å². The van der Waals surface area contributed by atoms with Crippen molar-refractivity contribution in [1.82, 2.24) is 4.90 Å². The molecule has 2 aromatic rings. The summed E-state index contributed by atoms with van der Waals surface area (Å²) in [6.45, 7) is 2.00. The molecule has 0 aliphatic heterocycles. The van der Waals surface area contributed by atoms with Crippen LogP contribution in [0.5, 0.6) is 0 Å². The zero-order valence-electron chi connectivity index (χ0n) is 13.6. The lowest BCUT2D eigenvalue weighted by atomic mass is 10.2. The monoisotopic (exact) mass is 390 g/mol. The molecule has 0 bridgehead atoms. The lowest BCUT2D eigenvalue weighted by Gasteiger charge is -2.17. The number of rotatable bonds is 5. The van der Waals surface area contributed by atoms with E-state index in [4.69, 9.17) is 4.74 Å². The largest absolute Gasteiger partial charge is 0.445 e. The Morgan fingerprint density at radius 2 is 1.88 bits per heavy atom. The van der Waals surface area contributed by atoms with Crippen LogP contribution >= 0.6 is 15.9 Å². The van der Waals surface area contributed by atoms with E-state index in [0.717, 1.165) is 15.6 Å². The summed E-state index contributed by atoms with van der Waals surface area (Å²) in [6.07, 6.45) is -0.540. The first-order valence-corrected chi connectivity index (χ1v) is 8.23. The maximum Gasteiger partial charge on any atom is 0.410 e. The van der Waals surface area contributed by atoms with Gasteiger partial charge in [0.1, 0.15) is 13.2 Å². The molecule has 0 unspecified atom stereocenters. The average molecular weight is 391 g/mol. The van der Waals surface area contributed by atoms with Crippen molar-refractivity contribution in [1.29, 1.82) is 0 Å². The minimum Gasteiger partial charge on any atom is -0.445 e. The van der Waals surface area contributed by atoms with Crippen LogP contribution in [0.15, 0.2) is 53.0 Å². The fourth-order valence-corrected chi connectivity index (χ4v) is 2.54. The number of amides is 2. The van der Waals surface area contributed by atoms with E-state index in [0.29, 0.717) is 5.69 Å². The van der Waals surface area contributed by atoms with Gasteiger partial charge in [-0.25, -0.2) is 4.79 Å². The molecule has 126 valence electrons. The van der Waals surface area contributed by atoms with Crippen LogP contribution in [0, 0.1) is 6.92 Å². The van der Waals surface area contributed by atoms with Crippen LogP contribution in [0.4, 0.5) is 10.5 Å². The molecular formula is C18H19BrN2O3. The fourth-order valence-electron chi connectivity index (χ4n) is 2.07. The smallest absolute Gasteiger partial charge is 0.410 e. The van der Waals surface area contributed by atoms with Gasteiger partial charge < -0.3 is 15.0 Å². The van der Waals surface area contributed by atoms with E-state index in [1.54, 1.807) is 0 Å². The number of nitrogens with zero attached hydrogens (tertiary/aromatic N) is 1. The molecule has 24 heavy (non-hydrogen) atoms. The Balaban J connectivity index is 1.83. The van der Waals surface area contributed by atoms with Gasteiger partial charge in [-0.1, -0.05) is 46.3 Å². The number of carbonyl (C=O) groups is 2. The summed E-state index contributed by atoms with van der Waals surface area (Å²) in [4.78, 5) is 25.2. The molecule has 0 radical (unpaired) electrons. The van der Waals surface area contributed by atoms with E-state index >= 15 is 0 Å². The highest BCUT2D eigenvalue weighted by atomic mass is 79.9. The molecule has 6 heteroatoms. The fraction of sp³-hybridized carbons (Fsp3) is 0.222. The van der Waals surface area contributed by atoms with Crippen molar-refractivity contribution in [2.75, 3.05) is 18.9 Å². The number of likely N-dealkylation sites (N-methyl/N-ethyl adjacent to an activating group) is 1. The normalized spacial score (nSPS) is 10.1. The van der Waals surface area contributed by atoms with E-state index in [1.165, 1.54) is 11.9 Å². The Hall–Kier alpha value is -2.34. The van der Waals surface area contributed by atoms with Crippen molar-refractivity contribution >= 4 is 33.6 Å². The average Bonchev–Trinajstić information content (AvgIpc) is 2.56. The molecule has 0 aromatic heterocycles. The number of carbonyl (C=O) groups excluding carboxylic acids is 2. The maximum atomic E-state index is 12.1. The van der Waals surface area contributed by atoms with Gasteiger partial charge in [0.25, 0.3) is 0 Å². The summed E-state index contributed by atoms with van der Waals surface area (Å²) in [6, 6.07) is 15.0. The third-order valence-corrected chi connectivity index (χ3v) is 3.85. The van der Waals surface area contributed by atoms with Gasteiger partial charge in [-0.3, -0.25) is 4.79 Å². The maximum absolute atomic E-state index is 12.1. The molecule has 0 fully saturated rings. The highest BCUT2D eigenvalue weighted by Gasteiger charge is 2.15. The van der Waals surface area contributed by atoms with Crippen molar-refractivity contribution in [3.05, 3.63) is 64.1 Å². The van der Waals surface area contributed by atoms with Crippen LogP contribution in [0.2, 0.25) is 0 Å². The predicted octanol–water partition coefficient (Wildman–Crippen LogP) is 3.96. The summed E-state index contributed by atoms with van der Waals surface area (Å²) in [5.74, 6) is -0.278. The summed E-state index contributed by atoms with van der Waals surface area (Å²) in [5, 5.41) is 2.79. The number of hydrogen-bond acceptors (Lipinski definition) is 3. The molecular weight excluding hydrogens is 372 g/mol. The number of aryl methyl sites for hydroxylation is 1. The number of halogens is 1. The number of nitrogens with one attached hydrogen (secondary N) is 1. The summed E-state index contributed by atoms with van der Waals surface area (Å²) < 4.78 is 6.13. The lowest BCUT2D eigenvalue weighted by molar-refractivity contribution is -0.116. The Morgan fingerprint density at radius 1 is 1.17 bits per heavy atom. The van der Waals surface area contributed by atoms with E-state index in [1.807, 2.05) is 55.5 Å². The third kappa shape index (κ3) is 5.38. The second-order valence-corrected chi connectivity index (χ2v) is 6.32. The van der Waals surface area contributed by atoms with Gasteiger partial charge in [0.2, 0.25) is 5.91 Å². The van der Waals surface area contributed by atoms with Crippen molar-refractivity contribution in [2.24, 2.45) is 0 Å². The van der Waals surface area contributed by atoms with Gasteiger partial charge in [0.15, 0.2) is 0 Å². The first-order valence-electron chi connectivity index (χ1n) is 7.43. The van der Waals surface area contributed by atoms with Crippen LogP contribution in [0.1, 0.15) is 11.1 Å². The number of anilines is 1.